The second kappa shape index (κ2) is 3.97. The maximum absolute atomic E-state index is 4.21. The van der Waals surface area contributed by atoms with Crippen molar-refractivity contribution in [3.63, 3.8) is 0 Å². The molecule has 1 saturated heterocycles. The van der Waals surface area contributed by atoms with E-state index in [0.717, 1.165) is 12.3 Å². The lowest BCUT2D eigenvalue weighted by molar-refractivity contribution is 0.415. The van der Waals surface area contributed by atoms with Gasteiger partial charge in [-0.25, -0.2) is 0 Å². The van der Waals surface area contributed by atoms with Crippen LogP contribution in [0.3, 0.4) is 0 Å². The molecule has 1 aromatic heterocycles. The molecule has 1 aliphatic heterocycles. The van der Waals surface area contributed by atoms with E-state index >= 15 is 0 Å². The van der Waals surface area contributed by atoms with E-state index in [2.05, 4.69) is 15.5 Å². The Hall–Kier alpha value is -0.830. The van der Waals surface area contributed by atoms with Crippen molar-refractivity contribution in [1.82, 2.24) is 15.5 Å². The van der Waals surface area contributed by atoms with Gasteiger partial charge in [-0.3, -0.25) is 5.10 Å². The molecular weight excluding hydrogens is 186 g/mol. The van der Waals surface area contributed by atoms with E-state index in [1.165, 1.54) is 49.9 Å². The number of hydrogen-bond donors (Lipinski definition) is 2. The molecule has 2 heterocycles. The normalized spacial score (nSPS) is 26.8. The predicted molar refractivity (Wildman–Crippen MR) is 59.9 cm³/mol. The average molecular weight is 205 g/mol. The molecule has 1 unspecified atom stereocenters. The molecule has 2 aliphatic rings. The third-order valence-electron chi connectivity index (χ3n) is 3.91. The van der Waals surface area contributed by atoms with E-state index in [-0.39, 0.29) is 0 Å². The Kier molecular flexibility index (Phi) is 2.49. The van der Waals surface area contributed by atoms with Gasteiger partial charge >= 0.3 is 0 Å². The van der Waals surface area contributed by atoms with Crippen LogP contribution in [-0.2, 0) is 6.42 Å². The number of rotatable bonds is 3. The summed E-state index contributed by atoms with van der Waals surface area (Å²) in [5.74, 6) is 0.806. The van der Waals surface area contributed by atoms with Gasteiger partial charge < -0.3 is 5.32 Å². The summed E-state index contributed by atoms with van der Waals surface area (Å²) in [4.78, 5) is 0. The van der Waals surface area contributed by atoms with Crippen molar-refractivity contribution in [2.75, 3.05) is 6.54 Å². The Labute approximate surface area is 90.7 Å². The largest absolute Gasteiger partial charge is 0.314 e. The Morgan fingerprint density at radius 1 is 1.27 bits per heavy atom. The van der Waals surface area contributed by atoms with Crippen LogP contribution in [0.1, 0.15) is 49.3 Å². The van der Waals surface area contributed by atoms with Gasteiger partial charge in [-0.15, -0.1) is 0 Å². The highest BCUT2D eigenvalue weighted by molar-refractivity contribution is 5.24. The lowest BCUT2D eigenvalue weighted by atomic mass is 9.79. The third-order valence-corrected chi connectivity index (χ3v) is 3.91. The van der Waals surface area contributed by atoms with E-state index in [1.807, 2.05) is 6.20 Å². The molecular formula is C12H19N3. The Balaban J connectivity index is 1.70. The van der Waals surface area contributed by atoms with Crippen LogP contribution >= 0.6 is 0 Å². The highest BCUT2D eigenvalue weighted by atomic mass is 15.1. The van der Waals surface area contributed by atoms with Crippen LogP contribution < -0.4 is 5.32 Å². The van der Waals surface area contributed by atoms with Gasteiger partial charge in [-0.1, -0.05) is 6.42 Å². The van der Waals surface area contributed by atoms with Crippen LogP contribution in [0.15, 0.2) is 6.20 Å². The first-order valence-electron chi connectivity index (χ1n) is 6.19. The lowest BCUT2D eigenvalue weighted by Gasteiger charge is -2.25. The number of aromatic nitrogens is 2. The number of H-pyrrole nitrogens is 1. The van der Waals surface area contributed by atoms with E-state index in [1.54, 1.807) is 0 Å². The van der Waals surface area contributed by atoms with Crippen molar-refractivity contribution in [2.24, 2.45) is 0 Å². The first-order chi connectivity index (χ1) is 7.43. The highest BCUT2D eigenvalue weighted by Gasteiger charge is 2.25. The first-order valence-corrected chi connectivity index (χ1v) is 6.19. The fraction of sp³-hybridized carbons (Fsp3) is 0.750. The zero-order valence-corrected chi connectivity index (χ0v) is 9.13. The molecule has 3 heteroatoms. The fourth-order valence-corrected chi connectivity index (χ4v) is 2.73. The van der Waals surface area contributed by atoms with Gasteiger partial charge in [-0.05, 0) is 43.7 Å². The van der Waals surface area contributed by atoms with Gasteiger partial charge in [0.2, 0.25) is 0 Å². The van der Waals surface area contributed by atoms with Crippen LogP contribution in [0.4, 0.5) is 0 Å². The molecule has 1 aromatic rings. The lowest BCUT2D eigenvalue weighted by Crippen LogP contribution is -2.24. The number of nitrogens with zero attached hydrogens (tertiary/aromatic N) is 1. The molecule has 0 bridgehead atoms. The fourth-order valence-electron chi connectivity index (χ4n) is 2.73. The van der Waals surface area contributed by atoms with Gasteiger partial charge in [0.25, 0.3) is 0 Å². The van der Waals surface area contributed by atoms with Gasteiger partial charge in [0.15, 0.2) is 0 Å². The van der Waals surface area contributed by atoms with Crippen molar-refractivity contribution in [1.29, 1.82) is 0 Å². The SMILES string of the molecule is c1n[nH]c(CC2CCCN2)c1C1CCC1. The molecule has 0 spiro atoms. The molecule has 2 N–H and O–H groups in total. The Bertz CT molecular complexity index is 321. The van der Waals surface area contributed by atoms with Crippen LogP contribution in [0, 0.1) is 0 Å². The Morgan fingerprint density at radius 3 is 2.87 bits per heavy atom. The minimum absolute atomic E-state index is 0.685. The molecule has 15 heavy (non-hydrogen) atoms. The maximum atomic E-state index is 4.21. The summed E-state index contributed by atoms with van der Waals surface area (Å²) in [6.45, 7) is 1.19. The minimum atomic E-state index is 0.685. The predicted octanol–water partition coefficient (Wildman–Crippen LogP) is 1.97. The molecule has 2 fully saturated rings. The van der Waals surface area contributed by atoms with Crippen LogP contribution in [-0.4, -0.2) is 22.8 Å². The van der Waals surface area contributed by atoms with Gasteiger partial charge in [0, 0.05) is 18.2 Å². The minimum Gasteiger partial charge on any atom is -0.314 e. The number of nitrogens with one attached hydrogen (secondary N) is 2. The molecule has 82 valence electrons. The second-order valence-corrected chi connectivity index (χ2v) is 4.93. The van der Waals surface area contributed by atoms with Crippen molar-refractivity contribution >= 4 is 0 Å². The number of hydrogen-bond acceptors (Lipinski definition) is 2. The zero-order chi connectivity index (χ0) is 10.1. The average Bonchev–Trinajstić information content (AvgIpc) is 2.76. The summed E-state index contributed by atoms with van der Waals surface area (Å²) in [5, 5.41) is 11.0. The summed E-state index contributed by atoms with van der Waals surface area (Å²) in [7, 11) is 0. The summed E-state index contributed by atoms with van der Waals surface area (Å²) in [6.07, 6.45) is 9.98. The molecule has 0 amide bonds. The standard InChI is InChI=1S/C12H19N3/c1-3-9(4-1)11-8-14-15-12(11)7-10-5-2-6-13-10/h8-10,13H,1-7H2,(H,14,15). The topological polar surface area (TPSA) is 40.7 Å². The molecule has 3 nitrogen and oxygen atoms in total. The molecule has 3 rings (SSSR count). The molecule has 0 aromatic carbocycles. The smallest absolute Gasteiger partial charge is 0.0524 e. The molecule has 1 saturated carbocycles. The summed E-state index contributed by atoms with van der Waals surface area (Å²) >= 11 is 0. The molecule has 0 radical (unpaired) electrons. The van der Waals surface area contributed by atoms with Crippen LogP contribution in [0.5, 0.6) is 0 Å². The summed E-state index contributed by atoms with van der Waals surface area (Å²) in [6, 6.07) is 0.685. The van der Waals surface area contributed by atoms with E-state index < -0.39 is 0 Å². The van der Waals surface area contributed by atoms with Crippen molar-refractivity contribution in [3.05, 3.63) is 17.5 Å². The van der Waals surface area contributed by atoms with Gasteiger partial charge in [0.1, 0.15) is 0 Å². The van der Waals surface area contributed by atoms with E-state index in [9.17, 15) is 0 Å². The number of aromatic amines is 1. The highest BCUT2D eigenvalue weighted by Crippen LogP contribution is 2.37. The molecule has 1 atom stereocenters. The van der Waals surface area contributed by atoms with Gasteiger partial charge in [-0.2, -0.15) is 5.10 Å². The van der Waals surface area contributed by atoms with Gasteiger partial charge in [0.05, 0.1) is 6.20 Å². The van der Waals surface area contributed by atoms with Crippen LogP contribution in [0.2, 0.25) is 0 Å². The quantitative estimate of drug-likeness (QED) is 0.792. The summed E-state index contributed by atoms with van der Waals surface area (Å²) < 4.78 is 0. The van der Waals surface area contributed by atoms with E-state index in [4.69, 9.17) is 0 Å². The maximum Gasteiger partial charge on any atom is 0.0524 e. The first kappa shape index (κ1) is 9.40. The van der Waals surface area contributed by atoms with Crippen molar-refractivity contribution < 1.29 is 0 Å². The molecule has 1 aliphatic carbocycles. The van der Waals surface area contributed by atoms with E-state index in [0.29, 0.717) is 6.04 Å². The second-order valence-electron chi connectivity index (χ2n) is 4.93. The van der Waals surface area contributed by atoms with Crippen molar-refractivity contribution in [3.8, 4) is 0 Å². The summed E-state index contributed by atoms with van der Waals surface area (Å²) in [5.41, 5.74) is 2.88. The van der Waals surface area contributed by atoms with Crippen LogP contribution in [0.25, 0.3) is 0 Å². The Morgan fingerprint density at radius 2 is 2.20 bits per heavy atom. The zero-order valence-electron chi connectivity index (χ0n) is 9.13. The third kappa shape index (κ3) is 1.81. The van der Waals surface area contributed by atoms with Crippen molar-refractivity contribution in [2.45, 2.75) is 50.5 Å². The monoisotopic (exact) mass is 205 g/mol.